The van der Waals surface area contributed by atoms with E-state index < -0.39 is 17.5 Å². The molecule has 0 aliphatic rings. The number of carboxylic acid groups (broad SMARTS) is 2. The van der Waals surface area contributed by atoms with Gasteiger partial charge in [0.05, 0.1) is 13.7 Å². The van der Waals surface area contributed by atoms with Gasteiger partial charge in [0.15, 0.2) is 11.5 Å². The number of hydrogen-bond donors (Lipinski definition) is 2. The van der Waals surface area contributed by atoms with Gasteiger partial charge in [0.1, 0.15) is 5.57 Å². The summed E-state index contributed by atoms with van der Waals surface area (Å²) in [6.45, 7) is 2.60. The van der Waals surface area contributed by atoms with Gasteiger partial charge >= 0.3 is 11.9 Å². The van der Waals surface area contributed by atoms with E-state index in [9.17, 15) is 9.59 Å². The molecule has 0 heterocycles. The molecule has 6 heteroatoms. The van der Waals surface area contributed by atoms with Gasteiger partial charge < -0.3 is 19.7 Å². The Labute approximate surface area is 122 Å². The van der Waals surface area contributed by atoms with Gasteiger partial charge in [-0.2, -0.15) is 0 Å². The second kappa shape index (κ2) is 7.94. The van der Waals surface area contributed by atoms with Gasteiger partial charge in [0, 0.05) is 0 Å². The third-order valence-electron chi connectivity index (χ3n) is 2.71. The minimum Gasteiger partial charge on any atom is -0.493 e. The summed E-state index contributed by atoms with van der Waals surface area (Å²) in [7, 11) is 1.46. The number of carboxylic acids is 2. The average Bonchev–Trinajstić information content (AvgIpc) is 2.45. The lowest BCUT2D eigenvalue weighted by atomic mass is 10.1. The Morgan fingerprint density at radius 1 is 1.19 bits per heavy atom. The van der Waals surface area contributed by atoms with E-state index in [0.717, 1.165) is 18.9 Å². The van der Waals surface area contributed by atoms with Crippen LogP contribution in [0.1, 0.15) is 25.3 Å². The smallest absolute Gasteiger partial charge is 0.343 e. The molecular weight excluding hydrogens is 276 g/mol. The maximum atomic E-state index is 10.8. The molecule has 1 aromatic carbocycles. The fraction of sp³-hybridized carbons (Fsp3) is 0.333. The Morgan fingerprint density at radius 3 is 2.38 bits per heavy atom. The van der Waals surface area contributed by atoms with E-state index in [2.05, 4.69) is 0 Å². The molecule has 0 unspecified atom stereocenters. The van der Waals surface area contributed by atoms with E-state index in [1.807, 2.05) is 6.92 Å². The van der Waals surface area contributed by atoms with Crippen LogP contribution in [0, 0.1) is 0 Å². The van der Waals surface area contributed by atoms with E-state index in [1.165, 1.54) is 13.2 Å². The molecule has 0 atom stereocenters. The summed E-state index contributed by atoms with van der Waals surface area (Å²) in [6, 6.07) is 4.74. The Kier molecular flexibility index (Phi) is 6.26. The van der Waals surface area contributed by atoms with Crippen molar-refractivity contribution in [2.75, 3.05) is 13.7 Å². The van der Waals surface area contributed by atoms with Crippen LogP contribution in [0.2, 0.25) is 0 Å². The molecule has 1 aromatic rings. The van der Waals surface area contributed by atoms with Crippen LogP contribution in [0.15, 0.2) is 23.8 Å². The van der Waals surface area contributed by atoms with Crippen LogP contribution in [0.4, 0.5) is 0 Å². The van der Waals surface area contributed by atoms with Crippen molar-refractivity contribution in [1.82, 2.24) is 0 Å². The van der Waals surface area contributed by atoms with Gasteiger partial charge in [-0.25, -0.2) is 9.59 Å². The third-order valence-corrected chi connectivity index (χ3v) is 2.71. The minimum atomic E-state index is -1.50. The number of benzene rings is 1. The van der Waals surface area contributed by atoms with Crippen LogP contribution >= 0.6 is 0 Å². The summed E-state index contributed by atoms with van der Waals surface area (Å²) in [5.41, 5.74) is -0.300. The monoisotopic (exact) mass is 294 g/mol. The molecule has 0 bridgehead atoms. The maximum absolute atomic E-state index is 10.8. The number of ether oxygens (including phenoxy) is 2. The lowest BCUT2D eigenvalue weighted by molar-refractivity contribution is -0.140. The van der Waals surface area contributed by atoms with Gasteiger partial charge in [0.25, 0.3) is 0 Å². The molecule has 0 radical (unpaired) electrons. The van der Waals surface area contributed by atoms with Crippen molar-refractivity contribution in [3.8, 4) is 11.5 Å². The van der Waals surface area contributed by atoms with Crippen LogP contribution in [-0.4, -0.2) is 35.9 Å². The molecule has 1 rings (SSSR count). The maximum Gasteiger partial charge on any atom is 0.343 e. The van der Waals surface area contributed by atoms with Crippen molar-refractivity contribution >= 4 is 18.0 Å². The SMILES string of the molecule is CCCCOc1ccc(C=C(C(=O)O)C(=O)O)cc1OC. The number of methoxy groups -OCH3 is 1. The Morgan fingerprint density at radius 2 is 1.86 bits per heavy atom. The number of rotatable bonds is 8. The number of carbonyl (C=O) groups is 2. The van der Waals surface area contributed by atoms with Gasteiger partial charge in [-0.3, -0.25) is 0 Å². The standard InChI is InChI=1S/C15H18O6/c1-3-4-7-21-12-6-5-10(9-13(12)20-2)8-11(14(16)17)15(18)19/h5-6,8-9H,3-4,7H2,1-2H3,(H,16,17)(H,18,19). The fourth-order valence-electron chi connectivity index (χ4n) is 1.60. The summed E-state index contributed by atoms with van der Waals surface area (Å²) >= 11 is 0. The summed E-state index contributed by atoms with van der Waals surface area (Å²) in [6.07, 6.45) is 2.99. The zero-order valence-electron chi connectivity index (χ0n) is 12.0. The van der Waals surface area contributed by atoms with Crippen molar-refractivity contribution in [3.63, 3.8) is 0 Å². The second-order valence-corrected chi connectivity index (χ2v) is 4.28. The fourth-order valence-corrected chi connectivity index (χ4v) is 1.60. The van der Waals surface area contributed by atoms with E-state index in [1.54, 1.807) is 12.1 Å². The molecule has 114 valence electrons. The normalized spacial score (nSPS) is 9.81. The molecule has 0 saturated carbocycles. The van der Waals surface area contributed by atoms with Gasteiger partial charge in [-0.1, -0.05) is 19.4 Å². The van der Waals surface area contributed by atoms with Crippen LogP contribution in [0.3, 0.4) is 0 Å². The first-order valence-electron chi connectivity index (χ1n) is 6.48. The first kappa shape index (κ1) is 16.6. The third kappa shape index (κ3) is 4.83. The highest BCUT2D eigenvalue weighted by Gasteiger charge is 2.16. The van der Waals surface area contributed by atoms with Gasteiger partial charge in [-0.15, -0.1) is 0 Å². The molecule has 0 aliphatic heterocycles. The van der Waals surface area contributed by atoms with Crippen molar-refractivity contribution in [3.05, 3.63) is 29.3 Å². The zero-order valence-corrected chi connectivity index (χ0v) is 12.0. The van der Waals surface area contributed by atoms with Crippen LogP contribution in [-0.2, 0) is 9.59 Å². The molecule has 2 N–H and O–H groups in total. The first-order chi connectivity index (χ1) is 9.99. The first-order valence-corrected chi connectivity index (χ1v) is 6.48. The summed E-state index contributed by atoms with van der Waals surface area (Å²) in [4.78, 5) is 21.7. The molecule has 0 spiro atoms. The molecule has 0 aromatic heterocycles. The van der Waals surface area contributed by atoms with Crippen molar-refractivity contribution in [2.45, 2.75) is 19.8 Å². The molecule has 6 nitrogen and oxygen atoms in total. The zero-order chi connectivity index (χ0) is 15.8. The van der Waals surface area contributed by atoms with Crippen LogP contribution in [0.25, 0.3) is 6.08 Å². The number of aliphatic carboxylic acids is 2. The van der Waals surface area contributed by atoms with E-state index >= 15 is 0 Å². The second-order valence-electron chi connectivity index (χ2n) is 4.28. The number of hydrogen-bond acceptors (Lipinski definition) is 4. The van der Waals surface area contributed by atoms with Crippen LogP contribution in [0.5, 0.6) is 11.5 Å². The quantitative estimate of drug-likeness (QED) is 0.331. The van der Waals surface area contributed by atoms with E-state index in [4.69, 9.17) is 19.7 Å². The predicted octanol–water partition coefficient (Wildman–Crippen LogP) is 2.43. The lowest BCUT2D eigenvalue weighted by Gasteiger charge is -2.11. The molecule has 0 amide bonds. The van der Waals surface area contributed by atoms with Gasteiger partial charge in [-0.05, 0) is 30.2 Å². The van der Waals surface area contributed by atoms with Crippen molar-refractivity contribution in [2.24, 2.45) is 0 Å². The highest BCUT2D eigenvalue weighted by molar-refractivity contribution is 6.16. The van der Waals surface area contributed by atoms with Crippen LogP contribution < -0.4 is 9.47 Å². The molecular formula is C15H18O6. The molecule has 0 fully saturated rings. The Bertz CT molecular complexity index is 531. The molecule has 0 aliphatic carbocycles. The van der Waals surface area contributed by atoms with Crippen molar-refractivity contribution < 1.29 is 29.3 Å². The lowest BCUT2D eigenvalue weighted by Crippen LogP contribution is -2.10. The highest BCUT2D eigenvalue weighted by Crippen LogP contribution is 2.29. The topological polar surface area (TPSA) is 93.1 Å². The molecule has 0 saturated heterocycles. The number of unbranched alkanes of at least 4 members (excludes halogenated alkanes) is 1. The van der Waals surface area contributed by atoms with Crippen molar-refractivity contribution in [1.29, 1.82) is 0 Å². The largest absolute Gasteiger partial charge is 0.493 e. The summed E-state index contributed by atoms with van der Waals surface area (Å²) in [5.74, 6) is -2.03. The summed E-state index contributed by atoms with van der Waals surface area (Å²) < 4.78 is 10.7. The highest BCUT2D eigenvalue weighted by atomic mass is 16.5. The molecule has 21 heavy (non-hydrogen) atoms. The summed E-state index contributed by atoms with van der Waals surface area (Å²) in [5, 5.41) is 17.6. The Hall–Kier alpha value is -2.50. The van der Waals surface area contributed by atoms with Gasteiger partial charge in [0.2, 0.25) is 0 Å². The van der Waals surface area contributed by atoms with E-state index in [0.29, 0.717) is 23.7 Å². The van der Waals surface area contributed by atoms with E-state index in [-0.39, 0.29) is 0 Å². The minimum absolute atomic E-state index is 0.412. The Balaban J connectivity index is 3.03. The predicted molar refractivity (Wildman–Crippen MR) is 76.6 cm³/mol. The average molecular weight is 294 g/mol.